The van der Waals surface area contributed by atoms with E-state index in [4.69, 9.17) is 4.74 Å². The number of carbonyl (C=O) groups excluding carboxylic acids is 2. The van der Waals surface area contributed by atoms with Crippen molar-refractivity contribution in [1.82, 2.24) is 10.6 Å². The van der Waals surface area contributed by atoms with Crippen LogP contribution in [0.2, 0.25) is 0 Å². The third-order valence-corrected chi connectivity index (χ3v) is 6.38. The van der Waals surface area contributed by atoms with Crippen LogP contribution in [0.1, 0.15) is 52.6 Å². The molecule has 30 heavy (non-hydrogen) atoms. The Morgan fingerprint density at radius 1 is 1.13 bits per heavy atom. The van der Waals surface area contributed by atoms with Gasteiger partial charge in [0.05, 0.1) is 12.1 Å². The summed E-state index contributed by atoms with van der Waals surface area (Å²) in [4.78, 5) is 24.0. The van der Waals surface area contributed by atoms with Gasteiger partial charge in [0.2, 0.25) is 11.8 Å². The van der Waals surface area contributed by atoms with E-state index in [1.54, 1.807) is 0 Å². The van der Waals surface area contributed by atoms with E-state index in [1.165, 1.54) is 11.1 Å². The predicted molar refractivity (Wildman–Crippen MR) is 114 cm³/mol. The molecule has 1 fully saturated rings. The Balaban J connectivity index is 1.13. The zero-order chi connectivity index (χ0) is 20.5. The molecule has 2 aromatic carbocycles. The summed E-state index contributed by atoms with van der Waals surface area (Å²) in [5, 5.41) is 6.06. The molecule has 1 heterocycles. The molecule has 1 aliphatic heterocycles. The molecule has 0 spiro atoms. The van der Waals surface area contributed by atoms with Crippen molar-refractivity contribution in [2.24, 2.45) is 0 Å². The summed E-state index contributed by atoms with van der Waals surface area (Å²) >= 11 is 0. The molecule has 1 saturated heterocycles. The van der Waals surface area contributed by atoms with E-state index in [-0.39, 0.29) is 30.6 Å². The molecular formula is C25H26N2O3. The van der Waals surface area contributed by atoms with Gasteiger partial charge in [-0.2, -0.15) is 0 Å². The van der Waals surface area contributed by atoms with E-state index in [0.717, 1.165) is 29.5 Å². The van der Waals surface area contributed by atoms with Gasteiger partial charge in [0.15, 0.2) is 0 Å². The number of benzene rings is 2. The smallest absolute Gasteiger partial charge is 0.246 e. The van der Waals surface area contributed by atoms with Crippen LogP contribution in [0.25, 0.3) is 0 Å². The lowest BCUT2D eigenvalue weighted by atomic mass is 9.87. The van der Waals surface area contributed by atoms with Gasteiger partial charge in [-0.3, -0.25) is 9.59 Å². The van der Waals surface area contributed by atoms with Crippen molar-refractivity contribution in [1.29, 1.82) is 0 Å². The second kappa shape index (κ2) is 8.07. The minimum absolute atomic E-state index is 0.0305. The molecule has 2 aliphatic carbocycles. The Labute approximate surface area is 176 Å². The lowest BCUT2D eigenvalue weighted by molar-refractivity contribution is -0.136. The maximum atomic E-state index is 12.3. The third kappa shape index (κ3) is 3.90. The number of nitrogens with one attached hydrogen (secondary N) is 2. The molecule has 5 rings (SSSR count). The summed E-state index contributed by atoms with van der Waals surface area (Å²) in [6.07, 6.45) is 7.53. The topological polar surface area (TPSA) is 67.4 Å². The van der Waals surface area contributed by atoms with Crippen LogP contribution < -0.4 is 10.6 Å². The number of morpholine rings is 1. The summed E-state index contributed by atoms with van der Waals surface area (Å²) in [7, 11) is 0. The van der Waals surface area contributed by atoms with Gasteiger partial charge in [-0.05, 0) is 40.7 Å². The summed E-state index contributed by atoms with van der Waals surface area (Å²) in [5.74, 6) is 0.546. The van der Waals surface area contributed by atoms with Crippen molar-refractivity contribution in [3.05, 3.63) is 82.4 Å². The standard InChI is InChI=1S/C25H26N2O3/c28-23(26-14-17-5-8-19(9-6-17)18-2-1-3-18)11-7-16-4-10-20-13-22-25(21(20)12-16)27-24(29)15-30-22/h1-2,4-6,8-10,12,18,22,25H,3,7,11,13-15H2,(H,26,28)(H,27,29)/t18-,22?,25?/m0/s1. The fourth-order valence-corrected chi connectivity index (χ4v) is 4.48. The minimum atomic E-state index is -0.0638. The fraction of sp³-hybridized carbons (Fsp3) is 0.360. The van der Waals surface area contributed by atoms with Crippen LogP contribution in [0, 0.1) is 0 Å². The molecule has 2 N–H and O–H groups in total. The van der Waals surface area contributed by atoms with Crippen LogP contribution in [-0.2, 0) is 33.7 Å². The third-order valence-electron chi connectivity index (χ3n) is 6.38. The first-order valence-corrected chi connectivity index (χ1v) is 10.7. The largest absolute Gasteiger partial charge is 0.366 e. The van der Waals surface area contributed by atoms with Crippen molar-refractivity contribution in [2.45, 2.75) is 50.3 Å². The molecule has 154 valence electrons. The highest BCUT2D eigenvalue weighted by atomic mass is 16.5. The Morgan fingerprint density at radius 2 is 1.93 bits per heavy atom. The molecule has 2 amide bonds. The Bertz CT molecular complexity index is 996. The molecule has 5 nitrogen and oxygen atoms in total. The van der Waals surface area contributed by atoms with Crippen LogP contribution in [0.3, 0.4) is 0 Å². The number of fused-ring (bicyclic) bond motifs is 3. The SMILES string of the molecule is O=C(CCc1ccc2c(c1)C1NC(=O)COC1C2)NCc1ccc([C@H]2C=CC2)cc1. The van der Waals surface area contributed by atoms with Crippen molar-refractivity contribution in [2.75, 3.05) is 6.61 Å². The zero-order valence-corrected chi connectivity index (χ0v) is 16.9. The van der Waals surface area contributed by atoms with Crippen molar-refractivity contribution in [3.8, 4) is 0 Å². The van der Waals surface area contributed by atoms with Crippen LogP contribution in [0.15, 0.2) is 54.6 Å². The van der Waals surface area contributed by atoms with Crippen molar-refractivity contribution in [3.63, 3.8) is 0 Å². The molecule has 0 bridgehead atoms. The van der Waals surface area contributed by atoms with E-state index in [9.17, 15) is 9.59 Å². The van der Waals surface area contributed by atoms with E-state index < -0.39 is 0 Å². The van der Waals surface area contributed by atoms with Gasteiger partial charge < -0.3 is 15.4 Å². The first kappa shape index (κ1) is 19.1. The van der Waals surface area contributed by atoms with E-state index in [0.29, 0.717) is 25.3 Å². The number of rotatable bonds is 6. The maximum absolute atomic E-state index is 12.3. The number of amides is 2. The molecule has 5 heteroatoms. The minimum Gasteiger partial charge on any atom is -0.366 e. The average molecular weight is 402 g/mol. The first-order valence-electron chi connectivity index (χ1n) is 10.7. The Kier molecular flexibility index (Phi) is 5.13. The summed E-state index contributed by atoms with van der Waals surface area (Å²) in [5.41, 5.74) is 5.92. The molecule has 3 aliphatic rings. The Hall–Kier alpha value is -2.92. The lowest BCUT2D eigenvalue weighted by Gasteiger charge is -2.27. The highest BCUT2D eigenvalue weighted by Gasteiger charge is 2.37. The van der Waals surface area contributed by atoms with Crippen LogP contribution in [0.5, 0.6) is 0 Å². The number of allylic oxidation sites excluding steroid dienone is 2. The molecular weight excluding hydrogens is 376 g/mol. The maximum Gasteiger partial charge on any atom is 0.246 e. The van der Waals surface area contributed by atoms with Gasteiger partial charge in [0.1, 0.15) is 6.61 Å². The molecule has 0 aromatic heterocycles. The second-order valence-electron chi connectivity index (χ2n) is 8.42. The summed E-state index contributed by atoms with van der Waals surface area (Å²) in [6.45, 7) is 0.694. The van der Waals surface area contributed by atoms with E-state index >= 15 is 0 Å². The lowest BCUT2D eigenvalue weighted by Crippen LogP contribution is -2.43. The normalized spacial score (nSPS) is 23.9. The van der Waals surface area contributed by atoms with Crippen LogP contribution in [0.4, 0.5) is 0 Å². The number of ether oxygens (including phenoxy) is 1. The monoisotopic (exact) mass is 402 g/mol. The molecule has 2 unspecified atom stereocenters. The van der Waals surface area contributed by atoms with Gasteiger partial charge >= 0.3 is 0 Å². The number of carbonyl (C=O) groups is 2. The highest BCUT2D eigenvalue weighted by molar-refractivity contribution is 5.79. The number of hydrogen-bond acceptors (Lipinski definition) is 3. The van der Waals surface area contributed by atoms with Crippen LogP contribution in [-0.4, -0.2) is 24.5 Å². The quantitative estimate of drug-likeness (QED) is 0.730. The first-order chi connectivity index (χ1) is 14.7. The highest BCUT2D eigenvalue weighted by Crippen LogP contribution is 2.36. The zero-order valence-electron chi connectivity index (χ0n) is 16.9. The fourth-order valence-electron chi connectivity index (χ4n) is 4.48. The van der Waals surface area contributed by atoms with Gasteiger partial charge in [0, 0.05) is 25.3 Å². The van der Waals surface area contributed by atoms with Gasteiger partial charge in [-0.1, -0.05) is 54.6 Å². The van der Waals surface area contributed by atoms with Gasteiger partial charge in [0.25, 0.3) is 0 Å². The van der Waals surface area contributed by atoms with E-state index in [1.807, 2.05) is 0 Å². The number of aryl methyl sites for hydroxylation is 1. The van der Waals surface area contributed by atoms with Crippen LogP contribution >= 0.6 is 0 Å². The van der Waals surface area contributed by atoms with Crippen molar-refractivity contribution < 1.29 is 14.3 Å². The molecule has 2 aromatic rings. The number of hydrogen-bond donors (Lipinski definition) is 2. The summed E-state index contributed by atoms with van der Waals surface area (Å²) in [6, 6.07) is 14.7. The van der Waals surface area contributed by atoms with Gasteiger partial charge in [-0.15, -0.1) is 0 Å². The average Bonchev–Trinajstić information content (AvgIpc) is 3.07. The van der Waals surface area contributed by atoms with E-state index in [2.05, 4.69) is 65.3 Å². The summed E-state index contributed by atoms with van der Waals surface area (Å²) < 4.78 is 5.66. The second-order valence-corrected chi connectivity index (χ2v) is 8.42. The predicted octanol–water partition coefficient (Wildman–Crippen LogP) is 3.09. The molecule has 3 atom stereocenters. The molecule has 0 saturated carbocycles. The Morgan fingerprint density at radius 3 is 2.70 bits per heavy atom. The molecule has 0 radical (unpaired) electrons. The van der Waals surface area contributed by atoms with Crippen molar-refractivity contribution >= 4 is 11.8 Å². The van der Waals surface area contributed by atoms with Gasteiger partial charge in [-0.25, -0.2) is 0 Å².